The molecule has 1 aromatic rings. The first-order valence-corrected chi connectivity index (χ1v) is 3.92. The predicted molar refractivity (Wildman–Crippen MR) is 48.8 cm³/mol. The summed E-state index contributed by atoms with van der Waals surface area (Å²) in [5.74, 6) is 0.255. The molecule has 0 aliphatic carbocycles. The van der Waals surface area contributed by atoms with Gasteiger partial charge in [-0.25, -0.2) is 4.79 Å². The minimum atomic E-state index is -0.881. The van der Waals surface area contributed by atoms with Gasteiger partial charge in [0.05, 0.1) is 10.2 Å². The number of nitrogens with two attached hydrogens (primary N) is 2. The van der Waals surface area contributed by atoms with E-state index in [0.29, 0.717) is 10.2 Å². The van der Waals surface area contributed by atoms with Gasteiger partial charge >= 0.3 is 6.09 Å². The number of amides is 1. The third-order valence-corrected chi connectivity index (χ3v) is 1.82. The van der Waals surface area contributed by atoms with Gasteiger partial charge in [-0.3, -0.25) is 0 Å². The molecule has 0 heterocycles. The number of ether oxygens (including phenoxy) is 1. The van der Waals surface area contributed by atoms with Crippen LogP contribution in [0.2, 0.25) is 0 Å². The summed E-state index contributed by atoms with van der Waals surface area (Å²) in [6.45, 7) is 0. The van der Waals surface area contributed by atoms with Crippen molar-refractivity contribution >= 4 is 27.7 Å². The van der Waals surface area contributed by atoms with E-state index in [1.807, 2.05) is 0 Å². The number of carbonyl (C=O) groups is 1. The van der Waals surface area contributed by atoms with Gasteiger partial charge in [-0.2, -0.15) is 0 Å². The number of hydrogen-bond acceptors (Lipinski definition) is 3. The van der Waals surface area contributed by atoms with Crippen molar-refractivity contribution in [3.63, 3.8) is 0 Å². The Kier molecular flexibility index (Phi) is 2.54. The molecule has 0 aliphatic heterocycles. The standard InChI is InChI=1S/C7H7BrN2O2/c8-4-2-1-3-5(9)6(4)12-7(10)11/h1-3H,9H2,(H2,10,11). The number of anilines is 1. The fourth-order valence-electron chi connectivity index (χ4n) is 0.734. The molecular formula is C7H7BrN2O2. The highest BCUT2D eigenvalue weighted by molar-refractivity contribution is 9.10. The lowest BCUT2D eigenvalue weighted by atomic mass is 10.3. The number of carbonyl (C=O) groups excluding carboxylic acids is 1. The summed E-state index contributed by atoms with van der Waals surface area (Å²) in [5, 5.41) is 0. The normalized spacial score (nSPS) is 9.42. The lowest BCUT2D eigenvalue weighted by molar-refractivity contribution is 0.211. The van der Waals surface area contributed by atoms with Gasteiger partial charge in [0.2, 0.25) is 0 Å². The molecule has 0 radical (unpaired) electrons. The molecule has 64 valence electrons. The van der Waals surface area contributed by atoms with Crippen LogP contribution in [0.15, 0.2) is 22.7 Å². The molecule has 1 aromatic carbocycles. The number of nitrogen functional groups attached to an aromatic ring is 1. The van der Waals surface area contributed by atoms with E-state index < -0.39 is 6.09 Å². The Balaban J connectivity index is 3.04. The van der Waals surface area contributed by atoms with E-state index >= 15 is 0 Å². The number of benzene rings is 1. The second-order valence-corrected chi connectivity index (χ2v) is 2.93. The molecular weight excluding hydrogens is 224 g/mol. The number of rotatable bonds is 1. The molecule has 1 rings (SSSR count). The maximum Gasteiger partial charge on any atom is 0.410 e. The molecule has 4 nitrogen and oxygen atoms in total. The molecule has 4 N–H and O–H groups in total. The summed E-state index contributed by atoms with van der Waals surface area (Å²) in [6.07, 6.45) is -0.881. The zero-order valence-electron chi connectivity index (χ0n) is 6.08. The van der Waals surface area contributed by atoms with Crippen molar-refractivity contribution in [2.75, 3.05) is 5.73 Å². The van der Waals surface area contributed by atoms with Crippen LogP contribution in [0.3, 0.4) is 0 Å². The van der Waals surface area contributed by atoms with Crippen LogP contribution < -0.4 is 16.2 Å². The van der Waals surface area contributed by atoms with Gasteiger partial charge in [0, 0.05) is 0 Å². The largest absolute Gasteiger partial charge is 0.410 e. The Morgan fingerprint density at radius 2 is 2.17 bits per heavy atom. The van der Waals surface area contributed by atoms with Crippen molar-refractivity contribution in [2.45, 2.75) is 0 Å². The van der Waals surface area contributed by atoms with Crippen LogP contribution in [-0.2, 0) is 0 Å². The Morgan fingerprint density at radius 1 is 1.50 bits per heavy atom. The molecule has 0 aliphatic rings. The third-order valence-electron chi connectivity index (χ3n) is 1.20. The molecule has 5 heteroatoms. The molecule has 0 unspecified atom stereocenters. The molecule has 1 amide bonds. The first kappa shape index (κ1) is 8.86. The van der Waals surface area contributed by atoms with Gasteiger partial charge in [-0.05, 0) is 28.1 Å². The van der Waals surface area contributed by atoms with E-state index in [4.69, 9.17) is 11.5 Å². The van der Waals surface area contributed by atoms with E-state index in [9.17, 15) is 4.79 Å². The Morgan fingerprint density at radius 3 is 2.67 bits per heavy atom. The number of para-hydroxylation sites is 1. The summed E-state index contributed by atoms with van der Waals surface area (Å²) in [6, 6.07) is 5.05. The Bertz CT molecular complexity index is 294. The van der Waals surface area contributed by atoms with E-state index in [0.717, 1.165) is 0 Å². The molecule has 0 saturated carbocycles. The van der Waals surface area contributed by atoms with Gasteiger partial charge in [0.15, 0.2) is 5.75 Å². The fourth-order valence-corrected chi connectivity index (χ4v) is 1.20. The van der Waals surface area contributed by atoms with Crippen molar-refractivity contribution < 1.29 is 9.53 Å². The highest BCUT2D eigenvalue weighted by atomic mass is 79.9. The zero-order valence-corrected chi connectivity index (χ0v) is 7.67. The third kappa shape index (κ3) is 1.88. The molecule has 0 bridgehead atoms. The molecule has 12 heavy (non-hydrogen) atoms. The maximum absolute atomic E-state index is 10.4. The molecule has 0 fully saturated rings. The van der Waals surface area contributed by atoms with Gasteiger partial charge in [0.1, 0.15) is 0 Å². The average Bonchev–Trinajstić information content (AvgIpc) is 1.97. The second kappa shape index (κ2) is 3.44. The number of halogens is 1. The molecule has 0 atom stereocenters. The van der Waals surface area contributed by atoms with Crippen molar-refractivity contribution in [1.29, 1.82) is 0 Å². The van der Waals surface area contributed by atoms with Crippen LogP contribution in [-0.4, -0.2) is 6.09 Å². The molecule has 0 aromatic heterocycles. The van der Waals surface area contributed by atoms with Crippen molar-refractivity contribution in [2.24, 2.45) is 5.73 Å². The smallest absolute Gasteiger partial charge is 0.407 e. The first-order chi connectivity index (χ1) is 5.61. The van der Waals surface area contributed by atoms with E-state index in [1.54, 1.807) is 18.2 Å². The van der Waals surface area contributed by atoms with Gasteiger partial charge in [-0.15, -0.1) is 0 Å². The first-order valence-electron chi connectivity index (χ1n) is 3.12. The highest BCUT2D eigenvalue weighted by Crippen LogP contribution is 2.30. The van der Waals surface area contributed by atoms with Crippen molar-refractivity contribution in [3.8, 4) is 5.75 Å². The SMILES string of the molecule is NC(=O)Oc1c(N)cccc1Br. The predicted octanol–water partition coefficient (Wildman–Crippen LogP) is 1.49. The van der Waals surface area contributed by atoms with E-state index in [1.165, 1.54) is 0 Å². The summed E-state index contributed by atoms with van der Waals surface area (Å²) < 4.78 is 5.24. The minimum absolute atomic E-state index is 0.255. The minimum Gasteiger partial charge on any atom is -0.407 e. The number of hydrogen-bond donors (Lipinski definition) is 2. The van der Waals surface area contributed by atoms with Crippen molar-refractivity contribution in [1.82, 2.24) is 0 Å². The zero-order chi connectivity index (χ0) is 9.14. The number of primary amides is 1. The monoisotopic (exact) mass is 230 g/mol. The second-order valence-electron chi connectivity index (χ2n) is 2.08. The summed E-state index contributed by atoms with van der Waals surface area (Å²) in [7, 11) is 0. The lowest BCUT2D eigenvalue weighted by Crippen LogP contribution is -2.17. The summed E-state index contributed by atoms with van der Waals surface area (Å²) in [4.78, 5) is 10.4. The van der Waals surface area contributed by atoms with Crippen LogP contribution >= 0.6 is 15.9 Å². The van der Waals surface area contributed by atoms with E-state index in [-0.39, 0.29) is 5.75 Å². The summed E-state index contributed by atoms with van der Waals surface area (Å²) in [5.41, 5.74) is 10.7. The topological polar surface area (TPSA) is 78.3 Å². The Labute approximate surface area is 77.6 Å². The van der Waals surface area contributed by atoms with Crippen LogP contribution in [0, 0.1) is 0 Å². The quantitative estimate of drug-likeness (QED) is 0.718. The van der Waals surface area contributed by atoms with E-state index in [2.05, 4.69) is 20.7 Å². The Hall–Kier alpha value is -1.23. The lowest BCUT2D eigenvalue weighted by Gasteiger charge is -2.05. The maximum atomic E-state index is 10.4. The van der Waals surface area contributed by atoms with Gasteiger partial charge in [-0.1, -0.05) is 6.07 Å². The average molecular weight is 231 g/mol. The highest BCUT2D eigenvalue weighted by Gasteiger charge is 2.07. The van der Waals surface area contributed by atoms with Crippen LogP contribution in [0.5, 0.6) is 5.75 Å². The van der Waals surface area contributed by atoms with Crippen molar-refractivity contribution in [3.05, 3.63) is 22.7 Å². The van der Waals surface area contributed by atoms with Crippen LogP contribution in [0.4, 0.5) is 10.5 Å². The fraction of sp³-hybridized carbons (Fsp3) is 0. The molecule has 0 spiro atoms. The van der Waals surface area contributed by atoms with Crippen LogP contribution in [0.25, 0.3) is 0 Å². The van der Waals surface area contributed by atoms with Gasteiger partial charge in [0.25, 0.3) is 0 Å². The van der Waals surface area contributed by atoms with Gasteiger partial charge < -0.3 is 16.2 Å². The summed E-state index contributed by atoms with van der Waals surface area (Å²) >= 11 is 3.16. The molecule has 0 saturated heterocycles. The van der Waals surface area contributed by atoms with Crippen LogP contribution in [0.1, 0.15) is 0 Å².